The van der Waals surface area contributed by atoms with E-state index in [-0.39, 0.29) is 87.9 Å². The third-order valence-corrected chi connectivity index (χ3v) is 0. The zero-order chi connectivity index (χ0) is 0. The molecule has 0 saturated heterocycles. The van der Waals surface area contributed by atoms with Crippen molar-refractivity contribution in [3.63, 3.8) is 0 Å². The average molecular weight is 232 g/mol. The summed E-state index contributed by atoms with van der Waals surface area (Å²) in [5, 5.41) is 0. The Kier molecular flexibility index (Phi) is 5240. The summed E-state index contributed by atoms with van der Waals surface area (Å²) in [7, 11) is 0. The summed E-state index contributed by atoms with van der Waals surface area (Å²) in [5.41, 5.74) is 0. The molecule has 0 atom stereocenters. The van der Waals surface area contributed by atoms with Gasteiger partial charge in [0, 0.05) is 0 Å². The van der Waals surface area contributed by atoms with E-state index in [0.717, 1.165) is 0 Å². The molecular formula is FeO5Ti2. The molecule has 8 heteroatoms. The van der Waals surface area contributed by atoms with Gasteiger partial charge < -0.3 is 27.4 Å². The first-order chi connectivity index (χ1) is 0. The maximum atomic E-state index is 0. The van der Waals surface area contributed by atoms with Crippen LogP contribution in [0.2, 0.25) is 0 Å². The molecule has 0 amide bonds. The molecule has 8 heavy (non-hydrogen) atoms. The fourth-order valence-corrected chi connectivity index (χ4v) is 0. The standard InChI is InChI=1S/Fe.5O.2Ti/q+2;5*-2;2*+4. The topological polar surface area (TPSA) is 142 Å². The SMILES string of the molecule is [Fe+2].[O-2].[O-2].[O-2].[O-2].[O-2].[Ti+4].[Ti+4]. The van der Waals surface area contributed by atoms with Crippen LogP contribution in [0.3, 0.4) is 0 Å². The second-order valence-corrected chi connectivity index (χ2v) is 0. The Morgan fingerprint density at radius 1 is 0.375 bits per heavy atom. The van der Waals surface area contributed by atoms with Gasteiger partial charge in [-0.1, -0.05) is 0 Å². The van der Waals surface area contributed by atoms with Crippen LogP contribution in [0.15, 0.2) is 0 Å². The van der Waals surface area contributed by atoms with E-state index in [4.69, 9.17) is 0 Å². The van der Waals surface area contributed by atoms with E-state index in [1.165, 1.54) is 0 Å². The Labute approximate surface area is 87.4 Å². The Morgan fingerprint density at radius 2 is 0.375 bits per heavy atom. The summed E-state index contributed by atoms with van der Waals surface area (Å²) < 4.78 is 0. The summed E-state index contributed by atoms with van der Waals surface area (Å²) in [6, 6.07) is 0. The third kappa shape index (κ3) is 115. The molecular weight excluding hydrogens is 232 g/mol. The van der Waals surface area contributed by atoms with Crippen LogP contribution in [0.1, 0.15) is 0 Å². The summed E-state index contributed by atoms with van der Waals surface area (Å²) in [6.07, 6.45) is 0. The summed E-state index contributed by atoms with van der Waals surface area (Å²) in [5.74, 6) is 0. The van der Waals surface area contributed by atoms with E-state index in [9.17, 15) is 0 Å². The van der Waals surface area contributed by atoms with E-state index in [0.29, 0.717) is 0 Å². The van der Waals surface area contributed by atoms with E-state index in [1.54, 1.807) is 0 Å². The van der Waals surface area contributed by atoms with Crippen molar-refractivity contribution >= 4 is 0 Å². The fraction of sp³-hybridized carbons (Fsp3) is 0. The van der Waals surface area contributed by atoms with E-state index in [1.807, 2.05) is 0 Å². The zero-order valence-electron chi connectivity index (χ0n) is 3.39. The van der Waals surface area contributed by atoms with Gasteiger partial charge in [-0.15, -0.1) is 0 Å². The molecule has 5 nitrogen and oxygen atoms in total. The second-order valence-electron chi connectivity index (χ2n) is 0. The molecule has 0 aliphatic heterocycles. The molecule has 0 aliphatic rings. The van der Waals surface area contributed by atoms with E-state index >= 15 is 0 Å². The van der Waals surface area contributed by atoms with E-state index < -0.39 is 0 Å². The first kappa shape index (κ1) is 244. The van der Waals surface area contributed by atoms with Crippen LogP contribution in [-0.2, 0) is 87.9 Å². The van der Waals surface area contributed by atoms with Crippen LogP contribution in [0.4, 0.5) is 0 Å². The Morgan fingerprint density at radius 3 is 0.375 bits per heavy atom. The maximum absolute atomic E-state index is 0. The smallest absolute Gasteiger partial charge is 2.00 e. The first-order valence-electron chi connectivity index (χ1n) is 0. The van der Waals surface area contributed by atoms with Crippen LogP contribution in [-0.4, -0.2) is 0 Å². The molecule has 0 aromatic carbocycles. The largest absolute Gasteiger partial charge is 4.00 e. The molecule has 0 aliphatic carbocycles. The van der Waals surface area contributed by atoms with Gasteiger partial charge in [0.05, 0.1) is 0 Å². The van der Waals surface area contributed by atoms with Gasteiger partial charge >= 0.3 is 60.5 Å². The van der Waals surface area contributed by atoms with Crippen molar-refractivity contribution in [3.05, 3.63) is 0 Å². The molecule has 0 unspecified atom stereocenters. The van der Waals surface area contributed by atoms with Gasteiger partial charge in [-0.05, 0) is 0 Å². The Balaban J connectivity index is 0. The minimum absolute atomic E-state index is 0. The van der Waals surface area contributed by atoms with Gasteiger partial charge in [-0.2, -0.15) is 0 Å². The van der Waals surface area contributed by atoms with Crippen molar-refractivity contribution in [2.45, 2.75) is 0 Å². The van der Waals surface area contributed by atoms with Crippen LogP contribution in [0.5, 0.6) is 0 Å². The monoisotopic (exact) mass is 232 g/mol. The van der Waals surface area contributed by atoms with Crippen molar-refractivity contribution in [1.82, 2.24) is 0 Å². The van der Waals surface area contributed by atoms with Gasteiger partial charge in [-0.25, -0.2) is 0 Å². The van der Waals surface area contributed by atoms with Crippen molar-refractivity contribution < 1.29 is 87.9 Å². The van der Waals surface area contributed by atoms with Gasteiger partial charge in [0.15, 0.2) is 0 Å². The second kappa shape index (κ2) is 172. The number of hydrogen-bond acceptors (Lipinski definition) is 0. The average Bonchev–Trinajstić information content (AvgIpc) is 0. The molecule has 0 saturated carbocycles. The zero-order valence-corrected chi connectivity index (χ0v) is 7.62. The van der Waals surface area contributed by atoms with Crippen molar-refractivity contribution in [2.24, 2.45) is 0 Å². The van der Waals surface area contributed by atoms with Crippen LogP contribution < -0.4 is 0 Å². The van der Waals surface area contributed by atoms with Crippen molar-refractivity contribution in [2.75, 3.05) is 0 Å². The molecule has 0 spiro atoms. The Hall–Kier alpha value is 1.75. The normalized spacial score (nSPS) is 0. The van der Waals surface area contributed by atoms with Gasteiger partial charge in [0.2, 0.25) is 0 Å². The predicted octanol–water partition coefficient (Wildman–Crippen LogP) is -0.601. The van der Waals surface area contributed by atoms with Crippen molar-refractivity contribution in [3.8, 4) is 0 Å². The van der Waals surface area contributed by atoms with E-state index in [2.05, 4.69) is 0 Å². The van der Waals surface area contributed by atoms with Crippen LogP contribution in [0.25, 0.3) is 0 Å². The minimum Gasteiger partial charge on any atom is -2.00 e. The van der Waals surface area contributed by atoms with Crippen LogP contribution in [0, 0.1) is 0 Å². The van der Waals surface area contributed by atoms with Gasteiger partial charge in [-0.3, -0.25) is 0 Å². The quantitative estimate of drug-likeness (QED) is 0.491. The molecule has 0 aromatic heterocycles. The Bertz CT molecular complexity index is 10.4. The molecule has 0 rings (SSSR count). The predicted molar refractivity (Wildman–Crippen MR) is 3.43 cm³/mol. The fourth-order valence-electron chi connectivity index (χ4n) is 0. The summed E-state index contributed by atoms with van der Waals surface area (Å²) >= 11 is 0. The number of rotatable bonds is 0. The minimum atomic E-state index is 0. The molecule has 46 valence electrons. The van der Waals surface area contributed by atoms with Crippen LogP contribution >= 0.6 is 0 Å². The van der Waals surface area contributed by atoms with Crippen molar-refractivity contribution in [1.29, 1.82) is 0 Å². The molecule has 0 heterocycles. The first-order valence-corrected chi connectivity index (χ1v) is 0. The molecule has 0 bridgehead atoms. The summed E-state index contributed by atoms with van der Waals surface area (Å²) in [6.45, 7) is 0. The summed E-state index contributed by atoms with van der Waals surface area (Å²) in [4.78, 5) is 0. The van der Waals surface area contributed by atoms with Gasteiger partial charge in [0.25, 0.3) is 0 Å². The molecule has 0 fully saturated rings. The van der Waals surface area contributed by atoms with Gasteiger partial charge in [0.1, 0.15) is 0 Å². The third-order valence-electron chi connectivity index (χ3n) is 0. The molecule has 0 aromatic rings. The maximum Gasteiger partial charge on any atom is 4.00 e. The molecule has 0 N–H and O–H groups in total. The number of hydrogen-bond donors (Lipinski definition) is 0. The molecule has 0 radical (unpaired) electrons.